The van der Waals surface area contributed by atoms with Gasteiger partial charge in [-0.05, 0) is 24.6 Å². The van der Waals surface area contributed by atoms with Gasteiger partial charge in [0.05, 0.1) is 4.92 Å². The van der Waals surface area contributed by atoms with Gasteiger partial charge in [0.1, 0.15) is 6.33 Å². The highest BCUT2D eigenvalue weighted by atomic mass is 35.5. The Bertz CT molecular complexity index is 826. The van der Waals surface area contributed by atoms with Crippen LogP contribution in [0.1, 0.15) is 19.8 Å². The summed E-state index contributed by atoms with van der Waals surface area (Å²) in [6.45, 7) is 5.57. The molecule has 0 N–H and O–H groups in total. The maximum Gasteiger partial charge on any atom is 0.353 e. The Hall–Kier alpha value is -2.61. The first-order valence-corrected chi connectivity index (χ1v) is 9.85. The summed E-state index contributed by atoms with van der Waals surface area (Å²) in [5, 5.41) is 12.5. The van der Waals surface area contributed by atoms with Crippen LogP contribution in [0.5, 0.6) is 0 Å². The fraction of sp³-hybridized carbons (Fsp3) is 0.474. The van der Waals surface area contributed by atoms with Gasteiger partial charge in [-0.2, -0.15) is 0 Å². The van der Waals surface area contributed by atoms with Crippen LogP contribution in [0.15, 0.2) is 30.6 Å². The zero-order chi connectivity index (χ0) is 20.1. The standard InChI is InChI=1S/C19H25ClN6O2/c1-3-4-8-23(2)18-17(26(27)28)19(22-14-21-18)25-11-9-24(10-12-25)16-7-5-6-15(20)13-16/h5-7,13-14H,3-4,8-12H2,1-2H3. The van der Waals surface area contributed by atoms with Crippen LogP contribution in [0, 0.1) is 10.1 Å². The Morgan fingerprint density at radius 1 is 1.21 bits per heavy atom. The maximum atomic E-state index is 11.8. The first kappa shape index (κ1) is 20.1. The van der Waals surface area contributed by atoms with Crippen molar-refractivity contribution in [1.82, 2.24) is 9.97 Å². The second kappa shape index (κ2) is 9.05. The van der Waals surface area contributed by atoms with E-state index >= 15 is 0 Å². The van der Waals surface area contributed by atoms with Crippen molar-refractivity contribution in [2.24, 2.45) is 0 Å². The SMILES string of the molecule is CCCCN(C)c1ncnc(N2CCN(c3cccc(Cl)c3)CC2)c1[N+](=O)[O-]. The van der Waals surface area contributed by atoms with Crippen LogP contribution < -0.4 is 14.7 Å². The molecule has 0 radical (unpaired) electrons. The summed E-state index contributed by atoms with van der Waals surface area (Å²) in [4.78, 5) is 26.0. The highest BCUT2D eigenvalue weighted by Gasteiger charge is 2.30. The van der Waals surface area contributed by atoms with Crippen molar-refractivity contribution in [3.05, 3.63) is 45.7 Å². The number of nitrogens with zero attached hydrogens (tertiary/aromatic N) is 6. The van der Waals surface area contributed by atoms with E-state index in [4.69, 9.17) is 11.6 Å². The first-order valence-electron chi connectivity index (χ1n) is 9.47. The third kappa shape index (κ3) is 4.44. The lowest BCUT2D eigenvalue weighted by molar-refractivity contribution is -0.383. The molecule has 8 nitrogen and oxygen atoms in total. The van der Waals surface area contributed by atoms with Crippen LogP contribution in [0.3, 0.4) is 0 Å². The van der Waals surface area contributed by atoms with Crippen molar-refractivity contribution >= 4 is 34.6 Å². The molecule has 0 spiro atoms. The van der Waals surface area contributed by atoms with Gasteiger partial charge >= 0.3 is 5.69 Å². The van der Waals surface area contributed by atoms with Crippen LogP contribution in [-0.4, -0.2) is 54.7 Å². The third-order valence-electron chi connectivity index (χ3n) is 4.93. The second-order valence-corrected chi connectivity index (χ2v) is 7.29. The Balaban J connectivity index is 1.79. The van der Waals surface area contributed by atoms with Crippen molar-refractivity contribution in [3.63, 3.8) is 0 Å². The van der Waals surface area contributed by atoms with Crippen molar-refractivity contribution in [2.45, 2.75) is 19.8 Å². The van der Waals surface area contributed by atoms with Gasteiger partial charge in [-0.25, -0.2) is 9.97 Å². The van der Waals surface area contributed by atoms with Gasteiger partial charge in [0.15, 0.2) is 0 Å². The summed E-state index contributed by atoms with van der Waals surface area (Å²) in [6, 6.07) is 7.74. The normalized spacial score (nSPS) is 14.2. The lowest BCUT2D eigenvalue weighted by Gasteiger charge is -2.36. The Morgan fingerprint density at radius 3 is 2.57 bits per heavy atom. The number of unbranched alkanes of at least 4 members (excludes halogenated alkanes) is 1. The largest absolute Gasteiger partial charge is 0.368 e. The predicted octanol–water partition coefficient (Wildman–Crippen LogP) is 3.60. The van der Waals surface area contributed by atoms with E-state index in [1.165, 1.54) is 6.33 Å². The first-order chi connectivity index (χ1) is 13.5. The fourth-order valence-corrected chi connectivity index (χ4v) is 3.57. The van der Waals surface area contributed by atoms with Crippen LogP contribution in [-0.2, 0) is 0 Å². The van der Waals surface area contributed by atoms with Crippen LogP contribution in [0.25, 0.3) is 0 Å². The van der Waals surface area contributed by atoms with Gasteiger partial charge in [0, 0.05) is 50.5 Å². The molecule has 2 heterocycles. The topological polar surface area (TPSA) is 78.6 Å². The van der Waals surface area contributed by atoms with E-state index in [-0.39, 0.29) is 10.6 Å². The Labute approximate surface area is 169 Å². The molecule has 1 aliphatic heterocycles. The molecule has 0 bridgehead atoms. The molecule has 0 unspecified atom stereocenters. The van der Waals surface area contributed by atoms with E-state index in [1.807, 2.05) is 41.1 Å². The van der Waals surface area contributed by atoms with Crippen LogP contribution in [0.4, 0.5) is 23.0 Å². The summed E-state index contributed by atoms with van der Waals surface area (Å²) in [7, 11) is 1.84. The van der Waals surface area contributed by atoms with Gasteiger partial charge in [-0.15, -0.1) is 0 Å². The quantitative estimate of drug-likeness (QED) is 0.515. The molecule has 0 amide bonds. The number of hydrogen-bond acceptors (Lipinski definition) is 7. The molecule has 0 aliphatic carbocycles. The number of anilines is 3. The number of halogens is 1. The minimum Gasteiger partial charge on any atom is -0.368 e. The van der Waals surface area contributed by atoms with Crippen LogP contribution >= 0.6 is 11.6 Å². The molecule has 9 heteroatoms. The molecule has 28 heavy (non-hydrogen) atoms. The molecule has 2 aromatic rings. The third-order valence-corrected chi connectivity index (χ3v) is 5.16. The van der Waals surface area contributed by atoms with Crippen molar-refractivity contribution in [2.75, 3.05) is 54.5 Å². The van der Waals surface area contributed by atoms with Gasteiger partial charge in [-0.1, -0.05) is 31.0 Å². The molecule has 1 aromatic carbocycles. The van der Waals surface area contributed by atoms with Crippen molar-refractivity contribution in [1.29, 1.82) is 0 Å². The zero-order valence-electron chi connectivity index (χ0n) is 16.2. The summed E-state index contributed by atoms with van der Waals surface area (Å²) < 4.78 is 0. The van der Waals surface area contributed by atoms with E-state index in [9.17, 15) is 10.1 Å². The lowest BCUT2D eigenvalue weighted by atomic mass is 10.2. The summed E-state index contributed by atoms with van der Waals surface area (Å²) in [5.74, 6) is 0.768. The molecular formula is C19H25ClN6O2. The monoisotopic (exact) mass is 404 g/mol. The molecule has 3 rings (SSSR count). The van der Waals surface area contributed by atoms with E-state index in [1.54, 1.807) is 0 Å². The number of piperazine rings is 1. The summed E-state index contributed by atoms with van der Waals surface area (Å²) in [5.41, 5.74) is 1.04. The minimum absolute atomic E-state index is 0.0164. The molecular weight excluding hydrogens is 380 g/mol. The number of benzene rings is 1. The van der Waals surface area contributed by atoms with Gasteiger partial charge < -0.3 is 14.7 Å². The molecule has 0 atom stereocenters. The van der Waals surface area contributed by atoms with Crippen LogP contribution in [0.2, 0.25) is 5.02 Å². The van der Waals surface area contributed by atoms with E-state index in [0.29, 0.717) is 29.7 Å². The van der Waals surface area contributed by atoms with Gasteiger partial charge in [-0.3, -0.25) is 10.1 Å². The smallest absolute Gasteiger partial charge is 0.353 e. The second-order valence-electron chi connectivity index (χ2n) is 6.86. The fourth-order valence-electron chi connectivity index (χ4n) is 3.39. The van der Waals surface area contributed by atoms with Crippen molar-refractivity contribution in [3.8, 4) is 0 Å². The molecule has 1 saturated heterocycles. The van der Waals surface area contributed by atoms with E-state index in [2.05, 4.69) is 21.8 Å². The average Bonchev–Trinajstić information content (AvgIpc) is 2.71. The Morgan fingerprint density at radius 2 is 1.93 bits per heavy atom. The van der Waals surface area contributed by atoms with E-state index < -0.39 is 0 Å². The molecule has 1 aromatic heterocycles. The van der Waals surface area contributed by atoms with E-state index in [0.717, 1.165) is 38.2 Å². The van der Waals surface area contributed by atoms with Gasteiger partial charge in [0.2, 0.25) is 11.6 Å². The number of aromatic nitrogens is 2. The van der Waals surface area contributed by atoms with Crippen molar-refractivity contribution < 1.29 is 4.92 Å². The maximum absolute atomic E-state index is 11.8. The number of nitro groups is 1. The lowest BCUT2D eigenvalue weighted by Crippen LogP contribution is -2.47. The molecule has 0 saturated carbocycles. The predicted molar refractivity (Wildman–Crippen MR) is 113 cm³/mol. The Kier molecular flexibility index (Phi) is 6.51. The van der Waals surface area contributed by atoms with Gasteiger partial charge in [0.25, 0.3) is 0 Å². The number of hydrogen-bond donors (Lipinski definition) is 0. The molecule has 150 valence electrons. The number of rotatable bonds is 7. The summed E-state index contributed by atoms with van der Waals surface area (Å²) in [6.07, 6.45) is 3.39. The zero-order valence-corrected chi connectivity index (χ0v) is 17.0. The highest BCUT2D eigenvalue weighted by Crippen LogP contribution is 2.34. The average molecular weight is 405 g/mol. The minimum atomic E-state index is -0.365. The summed E-state index contributed by atoms with van der Waals surface area (Å²) >= 11 is 6.09. The highest BCUT2D eigenvalue weighted by molar-refractivity contribution is 6.30. The molecule has 1 aliphatic rings. The molecule has 1 fully saturated rings.